The van der Waals surface area contributed by atoms with Crippen molar-refractivity contribution in [3.05, 3.63) is 71.4 Å². The smallest absolute Gasteiger partial charge is 0.246 e. The molecule has 2 atom stereocenters. The molecule has 6 rings (SSSR count). The first-order valence-corrected chi connectivity index (χ1v) is 15.5. The molecule has 3 aliphatic heterocycles. The van der Waals surface area contributed by atoms with E-state index in [0.717, 1.165) is 49.3 Å². The van der Waals surface area contributed by atoms with E-state index in [4.69, 9.17) is 9.72 Å². The largest absolute Gasteiger partial charge is 0.475 e. The molecule has 44 heavy (non-hydrogen) atoms. The SMILES string of the molecule is C=CC(=O)N1CCN(c2c(C#N)c(OC[C@@H]3CCCN3C)nc3c2CCN(c2cccc4cccc(C)c24)C3)CC1CC#N. The Bertz CT molecular complexity index is 1670. The van der Waals surface area contributed by atoms with E-state index >= 15 is 0 Å². The molecule has 2 aromatic carbocycles. The van der Waals surface area contributed by atoms with Gasteiger partial charge < -0.3 is 24.3 Å². The zero-order valence-corrected chi connectivity index (χ0v) is 25.6. The molecule has 0 radical (unpaired) electrons. The van der Waals surface area contributed by atoms with Crippen molar-refractivity contribution in [2.24, 2.45) is 0 Å². The van der Waals surface area contributed by atoms with Crippen LogP contribution in [-0.2, 0) is 17.8 Å². The quantitative estimate of drug-likeness (QED) is 0.370. The molecule has 2 saturated heterocycles. The number of anilines is 2. The number of piperazine rings is 1. The van der Waals surface area contributed by atoms with Gasteiger partial charge in [0.05, 0.1) is 36.5 Å². The summed E-state index contributed by atoms with van der Waals surface area (Å²) in [4.78, 5) is 26.3. The number of carbonyl (C=O) groups is 1. The van der Waals surface area contributed by atoms with Crippen LogP contribution in [0.15, 0.2) is 49.1 Å². The van der Waals surface area contributed by atoms with Crippen LogP contribution in [0.1, 0.15) is 41.6 Å². The molecule has 0 saturated carbocycles. The van der Waals surface area contributed by atoms with Crippen LogP contribution in [0.2, 0.25) is 0 Å². The average molecular weight is 590 g/mol. The van der Waals surface area contributed by atoms with Gasteiger partial charge in [-0.15, -0.1) is 0 Å². The molecule has 226 valence electrons. The van der Waals surface area contributed by atoms with Crippen molar-refractivity contribution in [3.63, 3.8) is 0 Å². The minimum Gasteiger partial charge on any atom is -0.475 e. The van der Waals surface area contributed by atoms with Gasteiger partial charge >= 0.3 is 0 Å². The van der Waals surface area contributed by atoms with Crippen molar-refractivity contribution in [2.45, 2.75) is 51.2 Å². The van der Waals surface area contributed by atoms with Gasteiger partial charge in [-0.3, -0.25) is 4.79 Å². The summed E-state index contributed by atoms with van der Waals surface area (Å²) in [6, 6.07) is 17.5. The number of amides is 1. The predicted octanol–water partition coefficient (Wildman–Crippen LogP) is 4.57. The van der Waals surface area contributed by atoms with E-state index in [1.807, 2.05) is 0 Å². The van der Waals surface area contributed by atoms with Crippen molar-refractivity contribution in [1.82, 2.24) is 14.8 Å². The molecular weight excluding hydrogens is 550 g/mol. The van der Waals surface area contributed by atoms with Gasteiger partial charge in [-0.25, -0.2) is 4.98 Å². The first-order chi connectivity index (χ1) is 21.4. The second-order valence-electron chi connectivity index (χ2n) is 12.1. The van der Waals surface area contributed by atoms with Crippen molar-refractivity contribution >= 4 is 28.1 Å². The topological polar surface area (TPSA) is 99.7 Å². The van der Waals surface area contributed by atoms with Crippen LogP contribution in [0.4, 0.5) is 11.4 Å². The molecule has 1 amide bonds. The maximum absolute atomic E-state index is 12.6. The number of rotatable bonds is 7. The lowest BCUT2D eigenvalue weighted by molar-refractivity contribution is -0.128. The molecule has 1 unspecified atom stereocenters. The van der Waals surface area contributed by atoms with Crippen LogP contribution in [0.5, 0.6) is 5.88 Å². The van der Waals surface area contributed by atoms with Crippen LogP contribution in [-0.4, -0.2) is 79.2 Å². The number of ether oxygens (including phenoxy) is 1. The maximum atomic E-state index is 12.6. The monoisotopic (exact) mass is 589 g/mol. The Morgan fingerprint density at radius 1 is 1.11 bits per heavy atom. The number of hydrogen-bond acceptors (Lipinski definition) is 8. The summed E-state index contributed by atoms with van der Waals surface area (Å²) in [7, 11) is 2.11. The number of fused-ring (bicyclic) bond motifs is 2. The standard InChI is InChI=1S/C35H39N7O2/c1-4-32(43)42-19-18-41(21-26(42)13-15-36)34-28-14-17-40(31-12-6-10-25-9-5-8-24(2)33(25)31)22-30(28)38-35(29(34)20-37)44-23-27-11-7-16-39(27)3/h4-6,8-10,12,26-27H,1,7,11,13-14,16-19,21-23H2,2-3H3/t26?,27-/m0/s1. The summed E-state index contributed by atoms with van der Waals surface area (Å²) in [6.45, 7) is 10.1. The van der Waals surface area contributed by atoms with E-state index in [-0.39, 0.29) is 24.4 Å². The first-order valence-electron chi connectivity index (χ1n) is 15.5. The normalized spacial score (nSPS) is 20.2. The molecule has 9 nitrogen and oxygen atoms in total. The molecule has 4 heterocycles. The summed E-state index contributed by atoms with van der Waals surface area (Å²) in [5, 5.41) is 22.6. The summed E-state index contributed by atoms with van der Waals surface area (Å²) in [5.74, 6) is 0.201. The number of pyridine rings is 1. The number of hydrogen-bond donors (Lipinski definition) is 0. The highest BCUT2D eigenvalue weighted by Crippen LogP contribution is 2.40. The highest BCUT2D eigenvalue weighted by molar-refractivity contribution is 5.97. The van der Waals surface area contributed by atoms with Gasteiger partial charge in [0.25, 0.3) is 0 Å². The fourth-order valence-electron chi connectivity index (χ4n) is 7.17. The van der Waals surface area contributed by atoms with E-state index in [1.165, 1.54) is 28.1 Å². The van der Waals surface area contributed by atoms with Crippen LogP contribution in [0, 0.1) is 29.6 Å². The van der Waals surface area contributed by atoms with Gasteiger partial charge in [-0.05, 0) is 62.9 Å². The van der Waals surface area contributed by atoms with Gasteiger partial charge in [0, 0.05) is 48.9 Å². The van der Waals surface area contributed by atoms with Crippen molar-refractivity contribution in [2.75, 3.05) is 56.2 Å². The Balaban J connectivity index is 1.41. The number of nitrogens with zero attached hydrogens (tertiary/aromatic N) is 7. The molecule has 0 N–H and O–H groups in total. The number of nitriles is 2. The Labute approximate surface area is 259 Å². The van der Waals surface area contributed by atoms with Crippen LogP contribution < -0.4 is 14.5 Å². The van der Waals surface area contributed by atoms with Gasteiger partial charge in [-0.1, -0.05) is 36.9 Å². The molecular formula is C35H39N7O2. The zero-order chi connectivity index (χ0) is 30.8. The molecule has 1 aromatic heterocycles. The molecule has 9 heteroatoms. The fraction of sp³-hybridized carbons (Fsp3) is 0.429. The Morgan fingerprint density at radius 2 is 1.93 bits per heavy atom. The van der Waals surface area contributed by atoms with Crippen molar-refractivity contribution in [1.29, 1.82) is 10.5 Å². The fourth-order valence-corrected chi connectivity index (χ4v) is 7.17. The van der Waals surface area contributed by atoms with Gasteiger partial charge in [-0.2, -0.15) is 10.5 Å². The lowest BCUT2D eigenvalue weighted by atomic mass is 9.95. The Kier molecular flexibility index (Phi) is 8.41. The van der Waals surface area contributed by atoms with Crippen LogP contribution in [0.25, 0.3) is 10.8 Å². The molecule has 0 bridgehead atoms. The minimum absolute atomic E-state index is 0.173. The van der Waals surface area contributed by atoms with E-state index < -0.39 is 0 Å². The number of carbonyl (C=O) groups excluding carboxylic acids is 1. The van der Waals surface area contributed by atoms with Crippen molar-refractivity contribution in [3.8, 4) is 18.0 Å². The third-order valence-electron chi connectivity index (χ3n) is 9.50. The van der Waals surface area contributed by atoms with Crippen LogP contribution in [0.3, 0.4) is 0 Å². The Morgan fingerprint density at radius 3 is 2.66 bits per heavy atom. The average Bonchev–Trinajstić information content (AvgIpc) is 3.46. The zero-order valence-electron chi connectivity index (χ0n) is 25.6. The Hall–Kier alpha value is -4.60. The van der Waals surface area contributed by atoms with Crippen LogP contribution >= 0.6 is 0 Å². The third kappa shape index (κ3) is 5.44. The van der Waals surface area contributed by atoms with E-state index in [0.29, 0.717) is 44.2 Å². The van der Waals surface area contributed by atoms with E-state index in [9.17, 15) is 15.3 Å². The highest BCUT2D eigenvalue weighted by Gasteiger charge is 2.35. The first kappa shape index (κ1) is 29.5. The molecule has 3 aromatic rings. The third-order valence-corrected chi connectivity index (χ3v) is 9.50. The van der Waals surface area contributed by atoms with E-state index in [2.05, 4.69) is 83.8 Å². The summed E-state index contributed by atoms with van der Waals surface area (Å²) >= 11 is 0. The summed E-state index contributed by atoms with van der Waals surface area (Å²) < 4.78 is 6.41. The molecule has 2 fully saturated rings. The number of aryl methyl sites for hydroxylation is 1. The van der Waals surface area contributed by atoms with Gasteiger partial charge in [0.1, 0.15) is 18.2 Å². The second-order valence-corrected chi connectivity index (χ2v) is 12.1. The number of likely N-dealkylation sites (tertiary alicyclic amines) is 1. The maximum Gasteiger partial charge on any atom is 0.246 e. The number of likely N-dealkylation sites (N-methyl/N-ethyl adjacent to an activating group) is 1. The molecule has 0 spiro atoms. The highest BCUT2D eigenvalue weighted by atomic mass is 16.5. The van der Waals surface area contributed by atoms with Gasteiger partial charge in [0.15, 0.2) is 0 Å². The lowest BCUT2D eigenvalue weighted by Crippen LogP contribution is -2.55. The summed E-state index contributed by atoms with van der Waals surface area (Å²) in [6.07, 6.45) is 4.42. The lowest BCUT2D eigenvalue weighted by Gasteiger charge is -2.43. The van der Waals surface area contributed by atoms with Crippen molar-refractivity contribution < 1.29 is 9.53 Å². The second kappa shape index (κ2) is 12.6. The van der Waals surface area contributed by atoms with Gasteiger partial charge in [0.2, 0.25) is 11.8 Å². The molecule has 3 aliphatic rings. The minimum atomic E-state index is -0.301. The number of aromatic nitrogens is 1. The summed E-state index contributed by atoms with van der Waals surface area (Å²) in [5.41, 5.74) is 5.66. The van der Waals surface area contributed by atoms with E-state index in [1.54, 1.807) is 4.90 Å². The molecule has 0 aliphatic carbocycles. The predicted molar refractivity (Wildman–Crippen MR) is 172 cm³/mol. The number of benzene rings is 2.